The van der Waals surface area contributed by atoms with Crippen molar-refractivity contribution in [2.24, 2.45) is 0 Å². The van der Waals surface area contributed by atoms with Gasteiger partial charge in [0.1, 0.15) is 17.3 Å². The molecule has 1 heterocycles. The lowest BCUT2D eigenvalue weighted by Gasteiger charge is -2.08. The summed E-state index contributed by atoms with van der Waals surface area (Å²) in [5.41, 5.74) is 1.11. The topological polar surface area (TPSA) is 61.2 Å². The molecule has 0 aliphatic heterocycles. The molecule has 0 saturated carbocycles. The SMILES string of the molecule is O=S(=O)(Cc1cccc(F)c1)Oc1ccc(-n2cccn2)cc1. The van der Waals surface area contributed by atoms with Gasteiger partial charge in [0.25, 0.3) is 0 Å². The van der Waals surface area contributed by atoms with Crippen LogP contribution in [0.1, 0.15) is 5.56 Å². The lowest BCUT2D eigenvalue weighted by Crippen LogP contribution is -2.12. The number of hydrogen-bond donors (Lipinski definition) is 0. The standard InChI is InChI=1S/C16H13FN2O3S/c17-14-4-1-3-13(11-14)12-23(20,21)22-16-7-5-15(6-8-16)19-10-2-9-18-19/h1-11H,12H2. The predicted molar refractivity (Wildman–Crippen MR) is 83.2 cm³/mol. The van der Waals surface area contributed by atoms with Gasteiger partial charge in [0.2, 0.25) is 0 Å². The fraction of sp³-hybridized carbons (Fsp3) is 0.0625. The Morgan fingerprint density at radius 3 is 2.52 bits per heavy atom. The Morgan fingerprint density at radius 1 is 1.09 bits per heavy atom. The number of rotatable bonds is 5. The summed E-state index contributed by atoms with van der Waals surface area (Å²) in [7, 11) is -3.86. The maximum Gasteiger partial charge on any atom is 0.313 e. The third-order valence-electron chi connectivity index (χ3n) is 3.06. The fourth-order valence-corrected chi connectivity index (χ4v) is 3.13. The zero-order valence-corrected chi connectivity index (χ0v) is 12.8. The Balaban J connectivity index is 1.73. The Hall–Kier alpha value is -2.67. The van der Waals surface area contributed by atoms with Crippen molar-refractivity contribution in [1.82, 2.24) is 9.78 Å². The van der Waals surface area contributed by atoms with Gasteiger partial charge in [-0.2, -0.15) is 13.5 Å². The third kappa shape index (κ3) is 3.95. The van der Waals surface area contributed by atoms with Gasteiger partial charge in [-0.3, -0.25) is 0 Å². The van der Waals surface area contributed by atoms with E-state index in [1.807, 2.05) is 0 Å². The van der Waals surface area contributed by atoms with Crippen LogP contribution in [0, 0.1) is 5.82 Å². The summed E-state index contributed by atoms with van der Waals surface area (Å²) in [6.07, 6.45) is 3.42. The van der Waals surface area contributed by atoms with Gasteiger partial charge < -0.3 is 4.18 Å². The molecule has 0 bridgehead atoms. The highest BCUT2D eigenvalue weighted by Gasteiger charge is 2.14. The van der Waals surface area contributed by atoms with Crippen LogP contribution in [0.2, 0.25) is 0 Å². The molecule has 3 rings (SSSR count). The molecule has 1 aromatic heterocycles. The second-order valence-corrected chi connectivity index (χ2v) is 6.43. The van der Waals surface area contributed by atoms with Crippen LogP contribution < -0.4 is 4.18 Å². The minimum atomic E-state index is -3.86. The molecule has 3 aromatic rings. The van der Waals surface area contributed by atoms with Crippen LogP contribution in [0.4, 0.5) is 4.39 Å². The lowest BCUT2D eigenvalue weighted by atomic mass is 10.2. The van der Waals surface area contributed by atoms with Gasteiger partial charge in [0, 0.05) is 12.4 Å². The quantitative estimate of drug-likeness (QED) is 0.674. The summed E-state index contributed by atoms with van der Waals surface area (Å²) < 4.78 is 43.9. The molecule has 0 amide bonds. The minimum Gasteiger partial charge on any atom is -0.382 e. The van der Waals surface area contributed by atoms with Gasteiger partial charge >= 0.3 is 10.1 Å². The van der Waals surface area contributed by atoms with Gasteiger partial charge in [-0.1, -0.05) is 12.1 Å². The molecule has 0 N–H and O–H groups in total. The molecular formula is C16H13FN2O3S. The summed E-state index contributed by atoms with van der Waals surface area (Å²) >= 11 is 0. The number of hydrogen-bond acceptors (Lipinski definition) is 4. The second-order valence-electron chi connectivity index (χ2n) is 4.86. The zero-order chi connectivity index (χ0) is 16.3. The Kier molecular flexibility index (Phi) is 4.12. The van der Waals surface area contributed by atoms with Crippen molar-refractivity contribution in [1.29, 1.82) is 0 Å². The van der Waals surface area contributed by atoms with Crippen molar-refractivity contribution >= 4 is 10.1 Å². The smallest absolute Gasteiger partial charge is 0.313 e. The number of nitrogens with zero attached hydrogens (tertiary/aromatic N) is 2. The van der Waals surface area contributed by atoms with Crippen molar-refractivity contribution in [3.05, 3.63) is 78.4 Å². The Morgan fingerprint density at radius 2 is 1.87 bits per heavy atom. The van der Waals surface area contributed by atoms with E-state index in [2.05, 4.69) is 5.10 Å². The first-order valence-electron chi connectivity index (χ1n) is 6.78. The van der Waals surface area contributed by atoms with Crippen molar-refractivity contribution in [2.45, 2.75) is 5.75 Å². The third-order valence-corrected chi connectivity index (χ3v) is 4.19. The molecule has 5 nitrogen and oxygen atoms in total. The maximum atomic E-state index is 13.1. The lowest BCUT2D eigenvalue weighted by molar-refractivity contribution is 0.485. The summed E-state index contributed by atoms with van der Waals surface area (Å²) in [6, 6.07) is 13.7. The van der Waals surface area contributed by atoms with E-state index in [0.29, 0.717) is 5.56 Å². The average molecular weight is 332 g/mol. The van der Waals surface area contributed by atoms with Gasteiger partial charge in [-0.05, 0) is 48.0 Å². The maximum absolute atomic E-state index is 13.1. The summed E-state index contributed by atoms with van der Waals surface area (Å²) in [5.74, 6) is -0.690. The van der Waals surface area contributed by atoms with Crippen LogP contribution in [0.5, 0.6) is 5.75 Å². The van der Waals surface area contributed by atoms with Gasteiger partial charge in [-0.25, -0.2) is 9.07 Å². The van der Waals surface area contributed by atoms with Crippen LogP contribution in [0.3, 0.4) is 0 Å². The molecule has 0 spiro atoms. The van der Waals surface area contributed by atoms with Crippen LogP contribution >= 0.6 is 0 Å². The molecule has 23 heavy (non-hydrogen) atoms. The van der Waals surface area contributed by atoms with E-state index in [-0.39, 0.29) is 5.75 Å². The molecule has 7 heteroatoms. The molecule has 0 fully saturated rings. The van der Waals surface area contributed by atoms with E-state index in [1.54, 1.807) is 47.4 Å². The van der Waals surface area contributed by atoms with Crippen LogP contribution in [-0.2, 0) is 15.9 Å². The second kappa shape index (κ2) is 6.21. The van der Waals surface area contributed by atoms with Crippen molar-refractivity contribution in [3.8, 4) is 11.4 Å². The summed E-state index contributed by atoms with van der Waals surface area (Å²) in [5, 5.41) is 4.08. The van der Waals surface area contributed by atoms with E-state index in [0.717, 1.165) is 5.69 Å². The van der Waals surface area contributed by atoms with E-state index < -0.39 is 21.7 Å². The number of benzene rings is 2. The molecule has 0 aliphatic rings. The van der Waals surface area contributed by atoms with Crippen LogP contribution in [0.25, 0.3) is 5.69 Å². The number of halogens is 1. The highest BCUT2D eigenvalue weighted by Crippen LogP contribution is 2.18. The highest BCUT2D eigenvalue weighted by molar-refractivity contribution is 7.86. The van der Waals surface area contributed by atoms with E-state index in [1.165, 1.54) is 24.3 Å². The molecule has 0 radical (unpaired) electrons. The molecule has 0 atom stereocenters. The fourth-order valence-electron chi connectivity index (χ4n) is 2.08. The molecular weight excluding hydrogens is 319 g/mol. The summed E-state index contributed by atoms with van der Waals surface area (Å²) in [6.45, 7) is 0. The first kappa shape index (κ1) is 15.2. The van der Waals surface area contributed by atoms with Crippen molar-refractivity contribution in [2.75, 3.05) is 0 Å². The molecule has 0 saturated heterocycles. The molecule has 0 unspecified atom stereocenters. The van der Waals surface area contributed by atoms with Gasteiger partial charge in [0.15, 0.2) is 0 Å². The van der Waals surface area contributed by atoms with Gasteiger partial charge in [0.05, 0.1) is 5.69 Å². The molecule has 118 valence electrons. The van der Waals surface area contributed by atoms with Crippen LogP contribution in [-0.4, -0.2) is 18.2 Å². The van der Waals surface area contributed by atoms with Crippen molar-refractivity contribution < 1.29 is 17.0 Å². The first-order valence-corrected chi connectivity index (χ1v) is 8.36. The van der Waals surface area contributed by atoms with Crippen molar-refractivity contribution in [3.63, 3.8) is 0 Å². The van der Waals surface area contributed by atoms with E-state index in [9.17, 15) is 12.8 Å². The number of aromatic nitrogens is 2. The Bertz CT molecular complexity index is 891. The van der Waals surface area contributed by atoms with Gasteiger partial charge in [-0.15, -0.1) is 0 Å². The van der Waals surface area contributed by atoms with E-state index in [4.69, 9.17) is 4.18 Å². The normalized spacial score (nSPS) is 11.3. The van der Waals surface area contributed by atoms with E-state index >= 15 is 0 Å². The summed E-state index contributed by atoms with van der Waals surface area (Å²) in [4.78, 5) is 0. The Labute approximate surface area is 133 Å². The monoisotopic (exact) mass is 332 g/mol. The zero-order valence-electron chi connectivity index (χ0n) is 12.0. The first-order chi connectivity index (χ1) is 11.0. The largest absolute Gasteiger partial charge is 0.382 e. The molecule has 2 aromatic carbocycles. The molecule has 0 aliphatic carbocycles. The highest BCUT2D eigenvalue weighted by atomic mass is 32.2. The average Bonchev–Trinajstić information content (AvgIpc) is 3.01. The minimum absolute atomic E-state index is 0.192. The van der Waals surface area contributed by atoms with Crippen LogP contribution in [0.15, 0.2) is 67.0 Å². The predicted octanol–water partition coefficient (Wildman–Crippen LogP) is 2.92.